The quantitative estimate of drug-likeness (QED) is 0.223. The lowest BCUT2D eigenvalue weighted by atomic mass is 9.83. The van der Waals surface area contributed by atoms with Crippen molar-refractivity contribution in [3.63, 3.8) is 0 Å². The molecule has 1 amide bonds. The second-order valence-corrected chi connectivity index (χ2v) is 10.3. The van der Waals surface area contributed by atoms with Crippen molar-refractivity contribution in [2.45, 2.75) is 63.4 Å². The molecule has 0 bridgehead atoms. The van der Waals surface area contributed by atoms with Crippen LogP contribution in [0.1, 0.15) is 57.3 Å². The Bertz CT molecular complexity index is 1110. The topological polar surface area (TPSA) is 147 Å². The van der Waals surface area contributed by atoms with Crippen LogP contribution >= 0.6 is 0 Å². The standard InChI is InChI=1S/C29H38N2O8/c1-28(2,3)39-24(35)14-15-29(27(36)30-18-22(34)19-33)25(20-8-5-4-6-9-20)38-26(31-29)21-10-12-23(13-11-21)37-17-7-16-32/h4-6,8-13,22,25,32-34H,7,14-19H2,1-3H3,(H,30,36)/t22?,25-,29-/m0/s1. The van der Waals surface area contributed by atoms with Gasteiger partial charge in [-0.1, -0.05) is 30.3 Å². The maximum absolute atomic E-state index is 13.8. The van der Waals surface area contributed by atoms with E-state index in [0.717, 1.165) is 0 Å². The molecule has 2 aromatic carbocycles. The number of carbonyl (C=O) groups excluding carboxylic acids is 2. The number of nitrogens with one attached hydrogen (secondary N) is 1. The number of aliphatic imine (C=N–C) groups is 1. The van der Waals surface area contributed by atoms with E-state index in [2.05, 4.69) is 5.32 Å². The third-order valence-corrected chi connectivity index (χ3v) is 5.97. The number of benzene rings is 2. The number of carbonyl (C=O) groups is 2. The van der Waals surface area contributed by atoms with Crippen LogP contribution < -0.4 is 10.1 Å². The first-order valence-corrected chi connectivity index (χ1v) is 13.0. The summed E-state index contributed by atoms with van der Waals surface area (Å²) in [5, 5.41) is 30.7. The molecule has 1 aliphatic heterocycles. The summed E-state index contributed by atoms with van der Waals surface area (Å²) >= 11 is 0. The Labute approximate surface area is 228 Å². The van der Waals surface area contributed by atoms with E-state index in [4.69, 9.17) is 24.3 Å². The fraction of sp³-hybridized carbons (Fsp3) is 0.483. The van der Waals surface area contributed by atoms with Gasteiger partial charge in [0.25, 0.3) is 5.91 Å². The highest BCUT2D eigenvalue weighted by Crippen LogP contribution is 2.43. The first-order valence-electron chi connectivity index (χ1n) is 13.0. The van der Waals surface area contributed by atoms with Crippen LogP contribution in [0.15, 0.2) is 59.6 Å². The van der Waals surface area contributed by atoms with Gasteiger partial charge in [-0.2, -0.15) is 0 Å². The van der Waals surface area contributed by atoms with Crippen molar-refractivity contribution in [3.05, 3.63) is 65.7 Å². The predicted molar refractivity (Wildman–Crippen MR) is 144 cm³/mol. The van der Waals surface area contributed by atoms with Crippen molar-refractivity contribution in [2.24, 2.45) is 4.99 Å². The maximum Gasteiger partial charge on any atom is 0.306 e. The number of esters is 1. The summed E-state index contributed by atoms with van der Waals surface area (Å²) in [5.41, 5.74) is -0.966. The minimum Gasteiger partial charge on any atom is -0.494 e. The van der Waals surface area contributed by atoms with Crippen molar-refractivity contribution >= 4 is 17.8 Å². The first-order chi connectivity index (χ1) is 18.6. The van der Waals surface area contributed by atoms with Crippen LogP contribution in [0, 0.1) is 0 Å². The Morgan fingerprint density at radius 1 is 1.10 bits per heavy atom. The van der Waals surface area contributed by atoms with E-state index in [-0.39, 0.29) is 31.9 Å². The molecule has 4 N–H and O–H groups in total. The molecule has 212 valence electrons. The normalized spacial score (nSPS) is 19.5. The Kier molecular flexibility index (Phi) is 10.4. The van der Waals surface area contributed by atoms with E-state index in [1.807, 2.05) is 30.3 Å². The van der Waals surface area contributed by atoms with Gasteiger partial charge < -0.3 is 34.8 Å². The molecule has 0 saturated carbocycles. The monoisotopic (exact) mass is 542 g/mol. The number of aliphatic hydroxyl groups excluding tert-OH is 3. The lowest BCUT2D eigenvalue weighted by Gasteiger charge is -2.31. The molecule has 0 fully saturated rings. The minimum atomic E-state index is -1.56. The number of aliphatic hydroxyl groups is 3. The molecule has 0 aromatic heterocycles. The summed E-state index contributed by atoms with van der Waals surface area (Å²) in [6.45, 7) is 4.98. The molecule has 2 aromatic rings. The maximum atomic E-state index is 13.8. The molecular weight excluding hydrogens is 504 g/mol. The molecule has 3 rings (SSSR count). The Morgan fingerprint density at radius 3 is 2.41 bits per heavy atom. The Hall–Kier alpha value is -3.47. The minimum absolute atomic E-state index is 0.0195. The number of ether oxygens (including phenoxy) is 3. The van der Waals surface area contributed by atoms with Gasteiger partial charge in [-0.15, -0.1) is 0 Å². The summed E-state index contributed by atoms with van der Waals surface area (Å²) in [6.07, 6.45) is -1.64. The Morgan fingerprint density at radius 2 is 1.79 bits per heavy atom. The van der Waals surface area contributed by atoms with Crippen LogP contribution in [-0.2, 0) is 19.1 Å². The number of hydrogen-bond donors (Lipinski definition) is 4. The molecule has 0 spiro atoms. The number of hydrogen-bond acceptors (Lipinski definition) is 9. The number of rotatable bonds is 13. The summed E-state index contributed by atoms with van der Waals surface area (Å²) in [6, 6.07) is 16.1. The lowest BCUT2D eigenvalue weighted by Crippen LogP contribution is -2.50. The van der Waals surface area contributed by atoms with E-state index < -0.39 is 41.8 Å². The van der Waals surface area contributed by atoms with Gasteiger partial charge in [0, 0.05) is 31.6 Å². The van der Waals surface area contributed by atoms with Crippen LogP contribution in [0.2, 0.25) is 0 Å². The van der Waals surface area contributed by atoms with Crippen LogP contribution in [0.4, 0.5) is 0 Å². The molecular formula is C29H38N2O8. The molecule has 0 saturated heterocycles. The summed E-state index contributed by atoms with van der Waals surface area (Å²) in [5.74, 6) is -0.207. The SMILES string of the molecule is CC(C)(C)OC(=O)CC[C@]1(C(=O)NCC(O)CO)N=C(c2ccc(OCCCO)cc2)O[C@H]1c1ccccc1. The lowest BCUT2D eigenvalue weighted by molar-refractivity contribution is -0.155. The van der Waals surface area contributed by atoms with Crippen molar-refractivity contribution in [3.8, 4) is 5.75 Å². The predicted octanol–water partition coefficient (Wildman–Crippen LogP) is 2.30. The number of amides is 1. The third-order valence-electron chi connectivity index (χ3n) is 5.97. The zero-order valence-electron chi connectivity index (χ0n) is 22.6. The zero-order valence-corrected chi connectivity index (χ0v) is 22.6. The second-order valence-electron chi connectivity index (χ2n) is 10.3. The van der Waals surface area contributed by atoms with Crippen molar-refractivity contribution in [2.75, 3.05) is 26.4 Å². The van der Waals surface area contributed by atoms with Gasteiger partial charge in [-0.3, -0.25) is 9.59 Å². The molecule has 3 atom stereocenters. The van der Waals surface area contributed by atoms with Gasteiger partial charge >= 0.3 is 5.97 Å². The molecule has 0 aliphatic carbocycles. The zero-order chi connectivity index (χ0) is 28.5. The highest BCUT2D eigenvalue weighted by molar-refractivity contribution is 6.01. The fourth-order valence-corrected chi connectivity index (χ4v) is 4.11. The average molecular weight is 543 g/mol. The largest absolute Gasteiger partial charge is 0.494 e. The van der Waals surface area contributed by atoms with E-state index in [1.54, 1.807) is 45.0 Å². The van der Waals surface area contributed by atoms with Gasteiger partial charge in [-0.05, 0) is 57.0 Å². The highest BCUT2D eigenvalue weighted by atomic mass is 16.6. The molecule has 10 nitrogen and oxygen atoms in total. The smallest absolute Gasteiger partial charge is 0.306 e. The van der Waals surface area contributed by atoms with Gasteiger partial charge in [0.2, 0.25) is 5.90 Å². The average Bonchev–Trinajstić information content (AvgIpc) is 3.31. The van der Waals surface area contributed by atoms with Crippen LogP contribution in [0.5, 0.6) is 5.75 Å². The van der Waals surface area contributed by atoms with Gasteiger partial charge in [0.1, 0.15) is 11.4 Å². The third kappa shape index (κ3) is 8.26. The van der Waals surface area contributed by atoms with Gasteiger partial charge in [0.15, 0.2) is 11.6 Å². The molecule has 10 heteroatoms. The Balaban J connectivity index is 1.99. The van der Waals surface area contributed by atoms with Gasteiger partial charge in [0.05, 0.1) is 19.3 Å². The van der Waals surface area contributed by atoms with Gasteiger partial charge in [-0.25, -0.2) is 4.99 Å². The molecule has 0 radical (unpaired) electrons. The second kappa shape index (κ2) is 13.5. The fourth-order valence-electron chi connectivity index (χ4n) is 4.11. The van der Waals surface area contributed by atoms with Crippen molar-refractivity contribution < 1.29 is 39.1 Å². The molecule has 39 heavy (non-hydrogen) atoms. The molecule has 1 aliphatic rings. The van der Waals surface area contributed by atoms with E-state index in [9.17, 15) is 19.8 Å². The van der Waals surface area contributed by atoms with Crippen LogP contribution in [0.3, 0.4) is 0 Å². The summed E-state index contributed by atoms with van der Waals surface area (Å²) in [4.78, 5) is 31.2. The van der Waals surface area contributed by atoms with Crippen molar-refractivity contribution in [1.29, 1.82) is 0 Å². The number of nitrogens with zero attached hydrogens (tertiary/aromatic N) is 1. The molecule has 1 heterocycles. The van der Waals surface area contributed by atoms with E-state index in [1.165, 1.54) is 0 Å². The summed E-state index contributed by atoms with van der Waals surface area (Å²) < 4.78 is 17.4. The first kappa shape index (κ1) is 30.1. The summed E-state index contributed by atoms with van der Waals surface area (Å²) in [7, 11) is 0. The highest BCUT2D eigenvalue weighted by Gasteiger charge is 2.53. The molecule has 1 unspecified atom stereocenters. The van der Waals surface area contributed by atoms with E-state index >= 15 is 0 Å². The van der Waals surface area contributed by atoms with Crippen LogP contribution in [-0.4, -0.2) is 76.7 Å². The van der Waals surface area contributed by atoms with E-state index in [0.29, 0.717) is 29.9 Å². The van der Waals surface area contributed by atoms with Crippen molar-refractivity contribution in [1.82, 2.24) is 5.32 Å². The van der Waals surface area contributed by atoms with Crippen LogP contribution in [0.25, 0.3) is 0 Å².